The topological polar surface area (TPSA) is 19.4 Å². The van der Waals surface area contributed by atoms with Gasteiger partial charge in [0.05, 0.1) is 0 Å². The molecule has 0 N–H and O–H groups in total. The van der Waals surface area contributed by atoms with E-state index in [0.717, 1.165) is 43.0 Å². The molecule has 1 aliphatic heterocycles. The van der Waals surface area contributed by atoms with Crippen LogP contribution in [-0.2, 0) is 6.54 Å². The minimum absolute atomic E-state index is 0.413. The molecule has 0 amide bonds. The largest absolute Gasteiger partial charge is 0.354 e. The molecule has 1 aliphatic rings. The maximum absolute atomic E-state index is 13.2. The Morgan fingerprint density at radius 2 is 1.81 bits per heavy atom. The van der Waals surface area contributed by atoms with E-state index in [0.29, 0.717) is 0 Å². The molecule has 0 bridgehead atoms. The van der Waals surface area contributed by atoms with E-state index in [2.05, 4.69) is 48.9 Å². The van der Waals surface area contributed by atoms with Crippen LogP contribution in [0.3, 0.4) is 0 Å². The fraction of sp³-hybridized carbons (Fsp3) is 0.312. The van der Waals surface area contributed by atoms with Crippen molar-refractivity contribution >= 4 is 21.7 Å². The molecule has 1 aromatic carbocycles. The van der Waals surface area contributed by atoms with Gasteiger partial charge in [-0.15, -0.1) is 0 Å². The second-order valence-corrected chi connectivity index (χ2v) is 6.13. The third-order valence-corrected chi connectivity index (χ3v) is 4.19. The Hall–Kier alpha value is -1.46. The lowest BCUT2D eigenvalue weighted by atomic mass is 10.2. The maximum Gasteiger partial charge on any atom is 0.214 e. The summed E-state index contributed by atoms with van der Waals surface area (Å²) in [5.41, 5.74) is 1.31. The van der Waals surface area contributed by atoms with Gasteiger partial charge < -0.3 is 4.90 Å². The molecular weight excluding hydrogens is 333 g/mol. The Morgan fingerprint density at radius 3 is 2.52 bits per heavy atom. The van der Waals surface area contributed by atoms with Crippen LogP contribution in [-0.4, -0.2) is 36.1 Å². The first-order valence-electron chi connectivity index (χ1n) is 7.05. The number of aromatic nitrogens is 1. The summed E-state index contributed by atoms with van der Waals surface area (Å²) in [6, 6.07) is 13.4. The highest BCUT2D eigenvalue weighted by Gasteiger charge is 2.18. The van der Waals surface area contributed by atoms with E-state index in [-0.39, 0.29) is 0 Å². The number of hydrogen-bond donors (Lipinski definition) is 0. The van der Waals surface area contributed by atoms with Crippen molar-refractivity contribution < 1.29 is 4.39 Å². The van der Waals surface area contributed by atoms with Crippen molar-refractivity contribution in [3.8, 4) is 0 Å². The van der Waals surface area contributed by atoms with Crippen LogP contribution in [0.4, 0.5) is 10.2 Å². The third-order valence-electron chi connectivity index (χ3n) is 3.69. The van der Waals surface area contributed by atoms with Crippen molar-refractivity contribution in [3.63, 3.8) is 0 Å². The van der Waals surface area contributed by atoms with Gasteiger partial charge in [-0.05, 0) is 29.8 Å². The predicted molar refractivity (Wildman–Crippen MR) is 85.8 cm³/mol. The molecule has 21 heavy (non-hydrogen) atoms. The monoisotopic (exact) mass is 349 g/mol. The number of nitrogens with zero attached hydrogens (tertiary/aromatic N) is 3. The van der Waals surface area contributed by atoms with Crippen LogP contribution in [0.5, 0.6) is 0 Å². The summed E-state index contributed by atoms with van der Waals surface area (Å²) in [7, 11) is 0. The van der Waals surface area contributed by atoms with Gasteiger partial charge in [0.1, 0.15) is 5.82 Å². The van der Waals surface area contributed by atoms with Crippen molar-refractivity contribution in [2.45, 2.75) is 6.54 Å². The van der Waals surface area contributed by atoms with E-state index in [9.17, 15) is 4.39 Å². The first kappa shape index (κ1) is 14.5. The maximum atomic E-state index is 13.2. The quantitative estimate of drug-likeness (QED) is 0.792. The molecule has 5 heteroatoms. The number of benzene rings is 1. The fourth-order valence-corrected chi connectivity index (χ4v) is 3.05. The van der Waals surface area contributed by atoms with E-state index < -0.39 is 5.95 Å². The first-order valence-corrected chi connectivity index (χ1v) is 7.84. The molecule has 110 valence electrons. The average molecular weight is 350 g/mol. The Bertz CT molecular complexity index is 612. The molecule has 3 nitrogen and oxygen atoms in total. The molecule has 0 aliphatic carbocycles. The van der Waals surface area contributed by atoms with Gasteiger partial charge in [-0.2, -0.15) is 4.39 Å². The zero-order valence-corrected chi connectivity index (χ0v) is 13.3. The highest BCUT2D eigenvalue weighted by atomic mass is 79.9. The van der Waals surface area contributed by atoms with Crippen LogP contribution in [0.25, 0.3) is 0 Å². The van der Waals surface area contributed by atoms with Gasteiger partial charge in [-0.3, -0.25) is 4.90 Å². The number of pyridine rings is 1. The van der Waals surface area contributed by atoms with Crippen molar-refractivity contribution in [2.75, 3.05) is 31.1 Å². The molecule has 2 heterocycles. The van der Waals surface area contributed by atoms with Gasteiger partial charge in [0, 0.05) is 37.2 Å². The molecule has 1 saturated heterocycles. The summed E-state index contributed by atoms with van der Waals surface area (Å²) in [5, 5.41) is 0. The molecular formula is C16H17BrFN3. The minimum atomic E-state index is -0.413. The summed E-state index contributed by atoms with van der Waals surface area (Å²) in [5.74, 6) is 0.321. The van der Waals surface area contributed by atoms with Crippen molar-refractivity contribution in [2.24, 2.45) is 0 Å². The predicted octanol–water partition coefficient (Wildman–Crippen LogP) is 3.31. The van der Waals surface area contributed by atoms with Gasteiger partial charge in [-0.25, -0.2) is 4.98 Å². The fourth-order valence-electron chi connectivity index (χ4n) is 2.60. The Labute approximate surface area is 132 Å². The summed E-state index contributed by atoms with van der Waals surface area (Å²) in [6.45, 7) is 4.63. The van der Waals surface area contributed by atoms with Gasteiger partial charge in [-0.1, -0.05) is 34.1 Å². The van der Waals surface area contributed by atoms with Crippen LogP contribution < -0.4 is 4.90 Å². The SMILES string of the molecule is Fc1cccc(N2CCN(Cc3cccc(Br)c3)CC2)n1. The zero-order chi connectivity index (χ0) is 14.7. The minimum Gasteiger partial charge on any atom is -0.354 e. The Morgan fingerprint density at radius 1 is 1.05 bits per heavy atom. The molecule has 0 radical (unpaired) electrons. The van der Waals surface area contributed by atoms with Gasteiger partial charge in [0.15, 0.2) is 0 Å². The second-order valence-electron chi connectivity index (χ2n) is 5.21. The van der Waals surface area contributed by atoms with Crippen LogP contribution in [0.2, 0.25) is 0 Å². The smallest absolute Gasteiger partial charge is 0.214 e. The lowest BCUT2D eigenvalue weighted by molar-refractivity contribution is 0.249. The van der Waals surface area contributed by atoms with Gasteiger partial charge in [0.2, 0.25) is 5.95 Å². The number of hydrogen-bond acceptors (Lipinski definition) is 3. The number of piperazine rings is 1. The highest BCUT2D eigenvalue weighted by Crippen LogP contribution is 2.17. The standard InChI is InChI=1S/C16H17BrFN3/c17-14-4-1-3-13(11-14)12-20-7-9-21(10-8-20)16-6-2-5-15(18)19-16/h1-6,11H,7-10,12H2. The molecule has 1 aromatic heterocycles. The lowest BCUT2D eigenvalue weighted by Gasteiger charge is -2.35. The summed E-state index contributed by atoms with van der Waals surface area (Å²) >= 11 is 3.50. The van der Waals surface area contributed by atoms with E-state index in [1.165, 1.54) is 11.6 Å². The van der Waals surface area contributed by atoms with E-state index in [4.69, 9.17) is 0 Å². The summed E-state index contributed by atoms with van der Waals surface area (Å²) < 4.78 is 14.3. The molecule has 0 atom stereocenters. The lowest BCUT2D eigenvalue weighted by Crippen LogP contribution is -2.46. The van der Waals surface area contributed by atoms with Crippen molar-refractivity contribution in [1.82, 2.24) is 9.88 Å². The Kier molecular flexibility index (Phi) is 4.51. The van der Waals surface area contributed by atoms with E-state index >= 15 is 0 Å². The first-order chi connectivity index (χ1) is 10.2. The van der Waals surface area contributed by atoms with Crippen LogP contribution in [0.1, 0.15) is 5.56 Å². The molecule has 0 unspecified atom stereocenters. The molecule has 2 aromatic rings. The molecule has 1 fully saturated rings. The van der Waals surface area contributed by atoms with Crippen molar-refractivity contribution in [3.05, 3.63) is 58.4 Å². The Balaban J connectivity index is 1.58. The molecule has 0 saturated carbocycles. The normalized spacial score (nSPS) is 16.2. The van der Waals surface area contributed by atoms with Gasteiger partial charge >= 0.3 is 0 Å². The van der Waals surface area contributed by atoms with Crippen LogP contribution in [0.15, 0.2) is 46.9 Å². The van der Waals surface area contributed by atoms with E-state index in [1.54, 1.807) is 6.07 Å². The number of halogens is 2. The molecule has 3 rings (SSSR count). The summed E-state index contributed by atoms with van der Waals surface area (Å²) in [4.78, 5) is 8.51. The zero-order valence-electron chi connectivity index (χ0n) is 11.7. The van der Waals surface area contributed by atoms with Crippen LogP contribution in [0, 0.1) is 5.95 Å². The molecule has 0 spiro atoms. The van der Waals surface area contributed by atoms with Crippen LogP contribution >= 0.6 is 15.9 Å². The van der Waals surface area contributed by atoms with Gasteiger partial charge in [0.25, 0.3) is 0 Å². The van der Waals surface area contributed by atoms with Crippen molar-refractivity contribution in [1.29, 1.82) is 0 Å². The number of anilines is 1. The third kappa shape index (κ3) is 3.80. The second kappa shape index (κ2) is 6.54. The van der Waals surface area contributed by atoms with E-state index in [1.807, 2.05) is 12.1 Å². The number of rotatable bonds is 3. The summed E-state index contributed by atoms with van der Waals surface area (Å²) in [6.07, 6.45) is 0. The highest BCUT2D eigenvalue weighted by molar-refractivity contribution is 9.10. The average Bonchev–Trinajstić information content (AvgIpc) is 2.48.